The maximum atomic E-state index is 11.6. The number of halogens is 3. The molecule has 3 rings (SSSR count). The smallest absolute Gasteiger partial charge is 0.302 e. The fourth-order valence-electron chi connectivity index (χ4n) is 3.76. The highest BCUT2D eigenvalue weighted by Crippen LogP contribution is 2.34. The molecule has 0 spiro atoms. The number of rotatable bonds is 11. The number of azide groups is 1. The minimum Gasteiger partial charge on any atom is -0.497 e. The molecule has 11 nitrogen and oxygen atoms in total. The third kappa shape index (κ3) is 9.15. The fraction of sp³-hybridized carbons (Fsp3) is 0.440. The van der Waals surface area contributed by atoms with Crippen LogP contribution in [0.1, 0.15) is 18.1 Å². The van der Waals surface area contributed by atoms with E-state index in [0.29, 0.717) is 5.75 Å². The summed E-state index contributed by atoms with van der Waals surface area (Å²) < 4.78 is 32.1. The first kappa shape index (κ1) is 30.8. The molecule has 2 aromatic carbocycles. The molecule has 2 aromatic rings. The molecule has 0 saturated carbocycles. The molecule has 1 N–H and O–H groups in total. The van der Waals surface area contributed by atoms with Gasteiger partial charge in [0.25, 0.3) is 3.79 Å². The summed E-state index contributed by atoms with van der Waals surface area (Å²) in [5.41, 5.74) is 11.0. The normalized spacial score (nSPS) is 22.8. The summed E-state index contributed by atoms with van der Waals surface area (Å²) in [6, 6.07) is 15.3. The van der Waals surface area contributed by atoms with E-state index in [0.717, 1.165) is 11.1 Å². The van der Waals surface area contributed by atoms with Crippen molar-refractivity contribution in [3.63, 3.8) is 0 Å². The third-order valence-electron chi connectivity index (χ3n) is 5.63. The summed E-state index contributed by atoms with van der Waals surface area (Å²) in [5.74, 6) is -0.643. The topological polar surface area (TPSA) is 145 Å². The van der Waals surface area contributed by atoms with Crippen LogP contribution in [0.3, 0.4) is 0 Å². The molecule has 0 amide bonds. The highest BCUT2D eigenvalue weighted by molar-refractivity contribution is 6.76. The van der Waals surface area contributed by atoms with Crippen LogP contribution in [0.4, 0.5) is 0 Å². The van der Waals surface area contributed by atoms with Crippen molar-refractivity contribution in [3.05, 3.63) is 76.2 Å². The molecule has 0 aliphatic carbocycles. The second-order valence-corrected chi connectivity index (χ2v) is 10.7. The number of benzene rings is 2. The summed E-state index contributed by atoms with van der Waals surface area (Å²) in [4.78, 5) is 14.6. The molecule has 0 unspecified atom stereocenters. The predicted molar refractivity (Wildman–Crippen MR) is 144 cm³/mol. The summed E-state index contributed by atoms with van der Waals surface area (Å²) >= 11 is 17.4. The van der Waals surface area contributed by atoms with Crippen molar-refractivity contribution in [1.82, 2.24) is 0 Å². The molecule has 0 aromatic heterocycles. The number of ether oxygens (including phenoxy) is 6. The van der Waals surface area contributed by atoms with Gasteiger partial charge in [0, 0.05) is 11.8 Å². The number of nitrogens with one attached hydrogen (secondary N) is 1. The number of hydrogen-bond acceptors (Lipinski definition) is 9. The van der Waals surface area contributed by atoms with E-state index in [1.165, 1.54) is 6.92 Å². The molecule has 0 bridgehead atoms. The van der Waals surface area contributed by atoms with Gasteiger partial charge in [-0.15, -0.1) is 0 Å². The van der Waals surface area contributed by atoms with Gasteiger partial charge in [-0.1, -0.05) is 82.4 Å². The molecule has 39 heavy (non-hydrogen) atoms. The zero-order chi connectivity index (χ0) is 28.4. The van der Waals surface area contributed by atoms with Crippen LogP contribution >= 0.6 is 34.8 Å². The van der Waals surface area contributed by atoms with Crippen molar-refractivity contribution in [2.45, 2.75) is 54.6 Å². The number of alkyl halides is 3. The molecular weight excluding hydrogens is 575 g/mol. The number of esters is 1. The van der Waals surface area contributed by atoms with Crippen LogP contribution in [0.25, 0.3) is 10.4 Å². The van der Waals surface area contributed by atoms with Crippen LogP contribution in [0, 0.1) is 5.41 Å². The molecule has 1 aliphatic heterocycles. The summed E-state index contributed by atoms with van der Waals surface area (Å²) in [6.07, 6.45) is -4.29. The Hall–Kier alpha value is -2.76. The van der Waals surface area contributed by atoms with Crippen molar-refractivity contribution in [2.24, 2.45) is 5.11 Å². The van der Waals surface area contributed by atoms with Gasteiger partial charge in [-0.3, -0.25) is 10.2 Å². The minimum atomic E-state index is -2.21. The molecule has 210 valence electrons. The first-order valence-corrected chi connectivity index (χ1v) is 12.8. The second-order valence-electron chi connectivity index (χ2n) is 8.37. The molecule has 5 atom stereocenters. The van der Waals surface area contributed by atoms with Gasteiger partial charge in [0.15, 0.2) is 0 Å². The van der Waals surface area contributed by atoms with Gasteiger partial charge in [0.1, 0.15) is 36.7 Å². The van der Waals surface area contributed by atoms with Crippen LogP contribution < -0.4 is 4.74 Å². The zero-order valence-electron chi connectivity index (χ0n) is 21.0. The van der Waals surface area contributed by atoms with E-state index in [4.69, 9.17) is 68.6 Å². The standard InChI is InChI=1S/C25H27Cl3N4O7/c1-15(33)35-14-19-21(36-13-17-8-10-18(34-2)11-9-17)22(37-12-16-6-4-3-5-7-16)20(31-32-30)23(38-19)39-24(29)25(26,27)28/h3-11,19-23,29H,12-14H2,1-2H3/t19-,20-,21-,22-,23+/m1/s1. The first-order chi connectivity index (χ1) is 18.6. The number of methoxy groups -OCH3 is 1. The van der Waals surface area contributed by atoms with Crippen molar-refractivity contribution in [3.8, 4) is 5.75 Å². The van der Waals surface area contributed by atoms with Crippen molar-refractivity contribution >= 4 is 46.7 Å². The molecule has 1 saturated heterocycles. The maximum absolute atomic E-state index is 11.6. The van der Waals surface area contributed by atoms with E-state index in [9.17, 15) is 10.3 Å². The minimum absolute atomic E-state index is 0.109. The highest BCUT2D eigenvalue weighted by Gasteiger charge is 2.50. The van der Waals surface area contributed by atoms with Crippen molar-refractivity contribution < 1.29 is 33.2 Å². The number of carbonyl (C=O) groups excluding carboxylic acids is 1. The van der Waals surface area contributed by atoms with Gasteiger partial charge in [0.2, 0.25) is 12.2 Å². The average Bonchev–Trinajstić information content (AvgIpc) is 2.91. The Balaban J connectivity index is 1.95. The van der Waals surface area contributed by atoms with E-state index in [1.807, 2.05) is 42.5 Å². The first-order valence-electron chi connectivity index (χ1n) is 11.7. The average molecular weight is 602 g/mol. The number of carbonyl (C=O) groups is 1. The van der Waals surface area contributed by atoms with Crippen molar-refractivity contribution in [2.75, 3.05) is 13.7 Å². The molecule has 1 heterocycles. The van der Waals surface area contributed by atoms with Crippen LogP contribution in [0.5, 0.6) is 5.75 Å². The Labute approximate surface area is 240 Å². The van der Waals surface area contributed by atoms with Gasteiger partial charge < -0.3 is 28.4 Å². The number of hydrogen-bond donors (Lipinski definition) is 1. The van der Waals surface area contributed by atoms with Crippen LogP contribution in [0.2, 0.25) is 0 Å². The Morgan fingerprint density at radius 3 is 2.23 bits per heavy atom. The van der Waals surface area contributed by atoms with Crippen LogP contribution in [-0.2, 0) is 41.7 Å². The molecule has 14 heteroatoms. The third-order valence-corrected chi connectivity index (χ3v) is 6.14. The Bertz CT molecular complexity index is 1140. The van der Waals surface area contributed by atoms with E-state index in [2.05, 4.69) is 10.0 Å². The SMILES string of the molecule is COc1ccc(CO[C@H]2[C@H](OCc3ccccc3)[C@@H](N=[N+]=[N-])[C@H](OC(=N)C(Cl)(Cl)Cl)O[C@@H]2COC(C)=O)cc1. The maximum Gasteiger partial charge on any atom is 0.302 e. The van der Waals surface area contributed by atoms with E-state index in [-0.39, 0.29) is 19.8 Å². The van der Waals surface area contributed by atoms with Gasteiger partial charge in [0.05, 0.1) is 20.3 Å². The van der Waals surface area contributed by atoms with Crippen molar-refractivity contribution in [1.29, 1.82) is 5.41 Å². The molecule has 1 aliphatic rings. The molecule has 0 radical (unpaired) electrons. The van der Waals surface area contributed by atoms with Gasteiger partial charge in [-0.05, 0) is 28.8 Å². The summed E-state index contributed by atoms with van der Waals surface area (Å²) in [6.45, 7) is 1.21. The fourth-order valence-corrected chi connectivity index (χ4v) is 3.89. The van der Waals surface area contributed by atoms with E-state index in [1.54, 1.807) is 19.2 Å². The van der Waals surface area contributed by atoms with Gasteiger partial charge in [-0.2, -0.15) is 0 Å². The predicted octanol–water partition coefficient (Wildman–Crippen LogP) is 5.50. The van der Waals surface area contributed by atoms with Crippen LogP contribution in [-0.4, -0.2) is 60.0 Å². The quantitative estimate of drug-likeness (QED) is 0.0681. The second kappa shape index (κ2) is 14.6. The summed E-state index contributed by atoms with van der Waals surface area (Å²) in [7, 11) is 1.57. The lowest BCUT2D eigenvalue weighted by Gasteiger charge is -2.44. The van der Waals surface area contributed by atoms with E-state index < -0.39 is 46.3 Å². The van der Waals surface area contributed by atoms with Gasteiger partial charge in [-0.25, -0.2) is 0 Å². The lowest BCUT2D eigenvalue weighted by atomic mass is 9.96. The number of nitrogens with zero attached hydrogens (tertiary/aromatic N) is 3. The lowest BCUT2D eigenvalue weighted by molar-refractivity contribution is -0.267. The van der Waals surface area contributed by atoms with Crippen LogP contribution in [0.15, 0.2) is 59.7 Å². The zero-order valence-corrected chi connectivity index (χ0v) is 23.3. The van der Waals surface area contributed by atoms with Gasteiger partial charge >= 0.3 is 5.97 Å². The molecular formula is C25H27Cl3N4O7. The Kier molecular flexibility index (Phi) is 11.5. The Morgan fingerprint density at radius 1 is 1.05 bits per heavy atom. The lowest BCUT2D eigenvalue weighted by Crippen LogP contribution is -2.61. The molecule has 1 fully saturated rings. The summed E-state index contributed by atoms with van der Waals surface area (Å²) in [5, 5.41) is 11.8. The monoisotopic (exact) mass is 600 g/mol. The highest BCUT2D eigenvalue weighted by atomic mass is 35.6. The largest absolute Gasteiger partial charge is 0.497 e. The Morgan fingerprint density at radius 2 is 1.67 bits per heavy atom. The van der Waals surface area contributed by atoms with E-state index >= 15 is 0 Å².